The van der Waals surface area contributed by atoms with Crippen molar-refractivity contribution in [3.05, 3.63) is 63.3 Å². The summed E-state index contributed by atoms with van der Waals surface area (Å²) in [5, 5.41) is 15.3. The van der Waals surface area contributed by atoms with Gasteiger partial charge in [-0.25, -0.2) is 4.79 Å². The van der Waals surface area contributed by atoms with Gasteiger partial charge in [0, 0.05) is 28.8 Å². The average Bonchev–Trinajstić information content (AvgIpc) is 3.25. The average molecular weight is 451 g/mol. The van der Waals surface area contributed by atoms with Crippen molar-refractivity contribution >= 4 is 38.4 Å². The minimum absolute atomic E-state index is 0.0664. The van der Waals surface area contributed by atoms with Crippen LogP contribution in [0.25, 0.3) is 32.1 Å². The SMILES string of the molecule is COc1cc(C)c2[nH]c(=O)c3sccc3c2c1-c1ccc(C(CNC(=O)O)C(C)C)cc1. The van der Waals surface area contributed by atoms with Crippen LogP contribution in [0.3, 0.4) is 0 Å². The molecule has 2 aromatic carbocycles. The Balaban J connectivity index is 1.90. The van der Waals surface area contributed by atoms with Crippen molar-refractivity contribution < 1.29 is 14.6 Å². The molecule has 0 aliphatic rings. The summed E-state index contributed by atoms with van der Waals surface area (Å²) >= 11 is 1.43. The van der Waals surface area contributed by atoms with Crippen LogP contribution in [0.1, 0.15) is 30.9 Å². The highest BCUT2D eigenvalue weighted by molar-refractivity contribution is 7.17. The Hall–Kier alpha value is -3.32. The second-order valence-electron chi connectivity index (χ2n) is 8.30. The number of methoxy groups -OCH3 is 1. The van der Waals surface area contributed by atoms with Crippen molar-refractivity contribution in [1.29, 1.82) is 0 Å². The molecule has 166 valence electrons. The molecule has 6 nitrogen and oxygen atoms in total. The summed E-state index contributed by atoms with van der Waals surface area (Å²) in [6.07, 6.45) is -1.02. The molecule has 32 heavy (non-hydrogen) atoms. The summed E-state index contributed by atoms with van der Waals surface area (Å²) in [4.78, 5) is 26.6. The number of carboxylic acid groups (broad SMARTS) is 1. The lowest BCUT2D eigenvalue weighted by Gasteiger charge is -2.22. The molecule has 7 heteroatoms. The van der Waals surface area contributed by atoms with E-state index in [2.05, 4.69) is 24.1 Å². The standard InChI is InChI=1S/C25H26N2O4S/c1-13(2)18(12-26-25(29)30)15-5-7-16(8-6-15)20-19(31-4)11-14(3)22-21(20)17-9-10-32-23(17)24(28)27-22/h5-11,13,18,26H,12H2,1-4H3,(H,27,28)(H,29,30). The number of aromatic amines is 1. The van der Waals surface area contributed by atoms with Crippen LogP contribution in [0.15, 0.2) is 46.6 Å². The Labute approximate surface area is 189 Å². The third kappa shape index (κ3) is 3.84. The zero-order valence-electron chi connectivity index (χ0n) is 18.5. The molecule has 0 aliphatic carbocycles. The van der Waals surface area contributed by atoms with Gasteiger partial charge in [-0.1, -0.05) is 38.1 Å². The molecule has 0 saturated heterocycles. The number of hydrogen-bond acceptors (Lipinski definition) is 4. The Bertz CT molecular complexity index is 1350. The van der Waals surface area contributed by atoms with Crippen molar-refractivity contribution in [1.82, 2.24) is 10.3 Å². The maximum atomic E-state index is 12.6. The van der Waals surface area contributed by atoms with E-state index in [-0.39, 0.29) is 17.4 Å². The van der Waals surface area contributed by atoms with E-state index in [1.165, 1.54) is 11.3 Å². The van der Waals surface area contributed by atoms with Crippen LogP contribution in [-0.2, 0) is 0 Å². The summed E-state index contributed by atoms with van der Waals surface area (Å²) in [6, 6.07) is 12.1. The fourth-order valence-corrected chi connectivity index (χ4v) is 5.14. The maximum Gasteiger partial charge on any atom is 0.404 e. The van der Waals surface area contributed by atoms with Crippen molar-refractivity contribution in [2.45, 2.75) is 26.7 Å². The number of nitrogens with one attached hydrogen (secondary N) is 2. The minimum atomic E-state index is -1.02. The monoisotopic (exact) mass is 450 g/mol. The number of pyridine rings is 1. The minimum Gasteiger partial charge on any atom is -0.496 e. The predicted octanol–water partition coefficient (Wildman–Crippen LogP) is 5.73. The van der Waals surface area contributed by atoms with Crippen LogP contribution >= 0.6 is 11.3 Å². The van der Waals surface area contributed by atoms with Crippen LogP contribution in [-0.4, -0.2) is 29.8 Å². The molecule has 1 atom stereocenters. The van der Waals surface area contributed by atoms with Gasteiger partial charge in [-0.3, -0.25) is 4.79 Å². The Morgan fingerprint density at radius 1 is 1.22 bits per heavy atom. The Morgan fingerprint density at radius 2 is 1.94 bits per heavy atom. The number of thiophene rings is 1. The van der Waals surface area contributed by atoms with Crippen LogP contribution in [0.2, 0.25) is 0 Å². The van der Waals surface area contributed by atoms with Crippen molar-refractivity contribution in [3.8, 4) is 16.9 Å². The third-order valence-electron chi connectivity index (χ3n) is 5.99. The first kappa shape index (κ1) is 21.9. The summed E-state index contributed by atoms with van der Waals surface area (Å²) in [6.45, 7) is 6.50. The predicted molar refractivity (Wildman–Crippen MR) is 130 cm³/mol. The number of carbonyl (C=O) groups is 1. The largest absolute Gasteiger partial charge is 0.496 e. The number of H-pyrrole nitrogens is 1. The number of hydrogen-bond donors (Lipinski definition) is 3. The fraction of sp³-hybridized carbons (Fsp3) is 0.280. The molecule has 1 unspecified atom stereocenters. The molecule has 0 aliphatic heterocycles. The van der Waals surface area contributed by atoms with E-state index in [4.69, 9.17) is 9.84 Å². The number of fused-ring (bicyclic) bond motifs is 3. The highest BCUT2D eigenvalue weighted by Crippen LogP contribution is 2.42. The van der Waals surface area contributed by atoms with Gasteiger partial charge >= 0.3 is 6.09 Å². The van der Waals surface area contributed by atoms with Gasteiger partial charge in [-0.2, -0.15) is 0 Å². The first-order chi connectivity index (χ1) is 15.3. The van der Waals surface area contributed by atoms with E-state index in [0.29, 0.717) is 11.2 Å². The quantitative estimate of drug-likeness (QED) is 0.350. The fourth-order valence-electron chi connectivity index (χ4n) is 4.35. The lowest BCUT2D eigenvalue weighted by atomic mass is 9.87. The molecule has 0 fully saturated rings. The normalized spacial score (nSPS) is 12.4. The lowest BCUT2D eigenvalue weighted by Crippen LogP contribution is -2.28. The summed E-state index contributed by atoms with van der Waals surface area (Å²) in [5.41, 5.74) is 4.66. The van der Waals surface area contributed by atoms with E-state index < -0.39 is 6.09 Å². The highest BCUT2D eigenvalue weighted by atomic mass is 32.1. The molecular formula is C25H26N2O4S. The molecule has 3 N–H and O–H groups in total. The topological polar surface area (TPSA) is 91.4 Å². The summed E-state index contributed by atoms with van der Waals surface area (Å²) in [7, 11) is 1.65. The van der Waals surface area contributed by atoms with E-state index in [1.54, 1.807) is 7.11 Å². The second-order valence-corrected chi connectivity index (χ2v) is 9.21. The first-order valence-electron chi connectivity index (χ1n) is 10.5. The van der Waals surface area contributed by atoms with E-state index >= 15 is 0 Å². The molecule has 4 rings (SSSR count). The molecular weight excluding hydrogens is 424 g/mol. The van der Waals surface area contributed by atoms with Gasteiger partial charge < -0.3 is 20.1 Å². The van der Waals surface area contributed by atoms with E-state index in [0.717, 1.165) is 44.3 Å². The Kier molecular flexibility index (Phi) is 5.93. The van der Waals surface area contributed by atoms with Gasteiger partial charge in [0.1, 0.15) is 10.4 Å². The maximum absolute atomic E-state index is 12.6. The summed E-state index contributed by atoms with van der Waals surface area (Å²) < 4.78 is 6.46. The summed E-state index contributed by atoms with van der Waals surface area (Å²) in [5.74, 6) is 1.09. The third-order valence-corrected chi connectivity index (χ3v) is 6.91. The molecule has 0 radical (unpaired) electrons. The lowest BCUT2D eigenvalue weighted by molar-refractivity contribution is 0.193. The van der Waals surface area contributed by atoms with Gasteiger partial charge in [0.05, 0.1) is 12.6 Å². The number of rotatable bonds is 6. The first-order valence-corrected chi connectivity index (χ1v) is 11.4. The zero-order valence-corrected chi connectivity index (χ0v) is 19.3. The van der Waals surface area contributed by atoms with Crippen LogP contribution in [0, 0.1) is 12.8 Å². The Morgan fingerprint density at radius 3 is 2.56 bits per heavy atom. The molecule has 2 heterocycles. The van der Waals surface area contributed by atoms with Crippen LogP contribution in [0.4, 0.5) is 4.79 Å². The van der Waals surface area contributed by atoms with Gasteiger partial charge in [0.25, 0.3) is 5.56 Å². The van der Waals surface area contributed by atoms with Gasteiger partial charge in [0.15, 0.2) is 0 Å². The second kappa shape index (κ2) is 8.67. The molecule has 4 aromatic rings. The molecule has 2 aromatic heterocycles. The van der Waals surface area contributed by atoms with Gasteiger partial charge in [-0.05, 0) is 47.0 Å². The number of ether oxygens (including phenoxy) is 1. The number of benzene rings is 2. The van der Waals surface area contributed by atoms with Gasteiger partial charge in [-0.15, -0.1) is 11.3 Å². The van der Waals surface area contributed by atoms with Crippen LogP contribution in [0.5, 0.6) is 5.75 Å². The van der Waals surface area contributed by atoms with Crippen LogP contribution < -0.4 is 15.6 Å². The zero-order chi connectivity index (χ0) is 23.0. The van der Waals surface area contributed by atoms with Gasteiger partial charge in [0.2, 0.25) is 0 Å². The van der Waals surface area contributed by atoms with E-state index in [1.807, 2.05) is 48.7 Å². The number of amides is 1. The smallest absolute Gasteiger partial charge is 0.404 e. The van der Waals surface area contributed by atoms with Crippen molar-refractivity contribution in [2.75, 3.05) is 13.7 Å². The highest BCUT2D eigenvalue weighted by Gasteiger charge is 2.20. The van der Waals surface area contributed by atoms with E-state index in [9.17, 15) is 9.59 Å². The molecule has 0 spiro atoms. The molecule has 0 bridgehead atoms. The van der Waals surface area contributed by atoms with Crippen molar-refractivity contribution in [2.24, 2.45) is 5.92 Å². The molecule has 1 amide bonds. The molecule has 0 saturated carbocycles. The van der Waals surface area contributed by atoms with Crippen molar-refractivity contribution in [3.63, 3.8) is 0 Å². The number of aryl methyl sites for hydroxylation is 1. The number of aromatic nitrogens is 1.